The molecule has 0 atom stereocenters. The maximum atomic E-state index is 12.1. The third-order valence-electron chi connectivity index (χ3n) is 2.84. The van der Waals surface area contributed by atoms with Gasteiger partial charge in [0.25, 0.3) is 5.69 Å². The Kier molecular flexibility index (Phi) is 4.19. The normalized spacial score (nSPS) is 10.5. The largest absolute Gasteiger partial charge is 0.329 e. The van der Waals surface area contributed by atoms with Crippen molar-refractivity contribution < 1.29 is 9.72 Å². The summed E-state index contributed by atoms with van der Waals surface area (Å²) in [4.78, 5) is 26.6. The van der Waals surface area contributed by atoms with E-state index >= 15 is 0 Å². The van der Waals surface area contributed by atoms with Crippen molar-refractivity contribution in [2.45, 2.75) is 12.1 Å². The summed E-state index contributed by atoms with van der Waals surface area (Å²) in [7, 11) is 1.84. The van der Waals surface area contributed by atoms with Crippen LogP contribution in [0.3, 0.4) is 0 Å². The Morgan fingerprint density at radius 2 is 2.25 bits per heavy atom. The van der Waals surface area contributed by atoms with Crippen LogP contribution in [0.4, 0.5) is 5.69 Å². The van der Waals surface area contributed by atoms with Crippen molar-refractivity contribution in [2.24, 2.45) is 7.05 Å². The number of benzene rings is 1. The van der Waals surface area contributed by atoms with Crippen LogP contribution in [-0.4, -0.2) is 26.0 Å². The van der Waals surface area contributed by atoms with Crippen molar-refractivity contribution >= 4 is 23.2 Å². The van der Waals surface area contributed by atoms with Crippen molar-refractivity contribution in [3.63, 3.8) is 0 Å². The first-order chi connectivity index (χ1) is 9.49. The number of aryl methyl sites for hydroxylation is 2. The lowest BCUT2D eigenvalue weighted by atomic mass is 10.1. The molecule has 7 heteroatoms. The number of nitrogens with zero attached hydrogens (tertiary/aromatic N) is 3. The molecule has 0 radical (unpaired) electrons. The molecule has 2 aromatic rings. The Labute approximate surface area is 120 Å². The molecule has 1 aromatic carbocycles. The number of aromatic nitrogens is 2. The van der Waals surface area contributed by atoms with Gasteiger partial charge in [0, 0.05) is 36.6 Å². The fraction of sp³-hybridized carbons (Fsp3) is 0.231. The summed E-state index contributed by atoms with van der Waals surface area (Å²) >= 11 is 1.31. The van der Waals surface area contributed by atoms with Crippen LogP contribution in [-0.2, 0) is 7.05 Å². The third-order valence-corrected chi connectivity index (χ3v) is 3.90. The predicted octanol–water partition coefficient (Wildman–Crippen LogP) is 2.61. The lowest BCUT2D eigenvalue weighted by Crippen LogP contribution is -2.05. The zero-order valence-corrected chi connectivity index (χ0v) is 11.9. The molecule has 0 spiro atoms. The second kappa shape index (κ2) is 5.87. The number of imidazole rings is 1. The van der Waals surface area contributed by atoms with E-state index in [0.717, 1.165) is 5.16 Å². The van der Waals surface area contributed by atoms with E-state index in [9.17, 15) is 14.9 Å². The highest BCUT2D eigenvalue weighted by molar-refractivity contribution is 7.99. The molecule has 0 saturated heterocycles. The van der Waals surface area contributed by atoms with Gasteiger partial charge >= 0.3 is 0 Å². The molecular formula is C13H13N3O3S. The van der Waals surface area contributed by atoms with Gasteiger partial charge in [-0.25, -0.2) is 4.98 Å². The van der Waals surface area contributed by atoms with Crippen molar-refractivity contribution in [2.75, 3.05) is 5.75 Å². The van der Waals surface area contributed by atoms with Gasteiger partial charge in [0.1, 0.15) is 0 Å². The number of ketones is 1. The Morgan fingerprint density at radius 3 is 2.85 bits per heavy atom. The van der Waals surface area contributed by atoms with Gasteiger partial charge in [0.15, 0.2) is 10.9 Å². The molecule has 0 aliphatic rings. The Bertz CT molecular complexity index is 667. The lowest BCUT2D eigenvalue weighted by Gasteiger charge is -2.03. The van der Waals surface area contributed by atoms with Crippen LogP contribution in [0.25, 0.3) is 0 Å². The van der Waals surface area contributed by atoms with E-state index in [2.05, 4.69) is 4.98 Å². The summed E-state index contributed by atoms with van der Waals surface area (Å²) in [5.74, 6) is 0.0477. The maximum Gasteiger partial charge on any atom is 0.273 e. The topological polar surface area (TPSA) is 78.0 Å². The minimum Gasteiger partial charge on any atom is -0.329 e. The van der Waals surface area contributed by atoms with Gasteiger partial charge in [-0.05, 0) is 6.92 Å². The number of Topliss-reactive ketones (excluding diaryl/α,β-unsaturated/α-hetero) is 1. The van der Waals surface area contributed by atoms with Crippen molar-refractivity contribution in [1.82, 2.24) is 9.55 Å². The molecule has 0 aliphatic carbocycles. The number of nitro groups is 1. The molecule has 2 rings (SSSR count). The van der Waals surface area contributed by atoms with Gasteiger partial charge in [-0.1, -0.05) is 23.9 Å². The third kappa shape index (κ3) is 3.05. The van der Waals surface area contributed by atoms with Crippen LogP contribution in [0, 0.1) is 17.0 Å². The second-order valence-electron chi connectivity index (χ2n) is 4.29. The SMILES string of the molecule is Cc1ccc(C(=O)CSc2nccn2C)cc1[N+](=O)[O-]. The minimum absolute atomic E-state index is 0.0298. The summed E-state index contributed by atoms with van der Waals surface area (Å²) < 4.78 is 1.82. The first-order valence-corrected chi connectivity index (χ1v) is 6.86. The lowest BCUT2D eigenvalue weighted by molar-refractivity contribution is -0.385. The molecule has 0 unspecified atom stereocenters. The zero-order valence-electron chi connectivity index (χ0n) is 11.1. The first-order valence-electron chi connectivity index (χ1n) is 5.87. The van der Waals surface area contributed by atoms with Gasteiger partial charge in [-0.15, -0.1) is 0 Å². The Morgan fingerprint density at radius 1 is 1.50 bits per heavy atom. The zero-order chi connectivity index (χ0) is 14.7. The average molecular weight is 291 g/mol. The summed E-state index contributed by atoms with van der Waals surface area (Å²) in [6, 6.07) is 4.54. The van der Waals surface area contributed by atoms with E-state index in [-0.39, 0.29) is 17.2 Å². The average Bonchev–Trinajstić information content (AvgIpc) is 2.81. The molecule has 104 valence electrons. The Balaban J connectivity index is 2.12. The number of hydrogen-bond acceptors (Lipinski definition) is 5. The van der Waals surface area contributed by atoms with Crippen LogP contribution in [0.1, 0.15) is 15.9 Å². The first kappa shape index (κ1) is 14.3. The van der Waals surface area contributed by atoms with E-state index in [1.807, 2.05) is 11.6 Å². The maximum absolute atomic E-state index is 12.1. The fourth-order valence-electron chi connectivity index (χ4n) is 1.68. The van der Waals surface area contributed by atoms with Crippen LogP contribution in [0.15, 0.2) is 35.7 Å². The number of thioether (sulfide) groups is 1. The molecule has 0 bridgehead atoms. The van der Waals surface area contributed by atoms with Crippen LogP contribution in [0.5, 0.6) is 0 Å². The summed E-state index contributed by atoms with van der Waals surface area (Å²) in [6.07, 6.45) is 3.45. The van der Waals surface area contributed by atoms with Crippen molar-refractivity contribution in [3.05, 3.63) is 51.8 Å². The number of nitro benzene ring substituents is 1. The monoisotopic (exact) mass is 291 g/mol. The highest BCUT2D eigenvalue weighted by atomic mass is 32.2. The van der Waals surface area contributed by atoms with Crippen LogP contribution in [0.2, 0.25) is 0 Å². The van der Waals surface area contributed by atoms with Gasteiger partial charge in [-0.3, -0.25) is 14.9 Å². The Hall–Kier alpha value is -2.15. The molecule has 0 fully saturated rings. The van der Waals surface area contributed by atoms with E-state index in [4.69, 9.17) is 0 Å². The molecule has 1 heterocycles. The molecule has 1 aromatic heterocycles. The predicted molar refractivity (Wildman–Crippen MR) is 76.1 cm³/mol. The fourth-order valence-corrected chi connectivity index (χ4v) is 2.51. The van der Waals surface area contributed by atoms with Crippen molar-refractivity contribution in [1.29, 1.82) is 0 Å². The molecular weight excluding hydrogens is 278 g/mol. The number of hydrogen-bond donors (Lipinski definition) is 0. The quantitative estimate of drug-likeness (QED) is 0.366. The van der Waals surface area contributed by atoms with Crippen molar-refractivity contribution in [3.8, 4) is 0 Å². The molecule has 0 aliphatic heterocycles. The van der Waals surface area contributed by atoms with Gasteiger partial charge in [0.2, 0.25) is 0 Å². The van der Waals surface area contributed by atoms with Gasteiger partial charge < -0.3 is 4.57 Å². The van der Waals surface area contributed by atoms with E-state index in [1.165, 1.54) is 17.8 Å². The standard InChI is InChI=1S/C13H13N3O3S/c1-9-3-4-10(7-11(9)16(18)19)12(17)8-20-13-14-5-6-15(13)2/h3-7H,8H2,1-2H3. The highest BCUT2D eigenvalue weighted by Gasteiger charge is 2.15. The summed E-state index contributed by atoms with van der Waals surface area (Å²) in [6.45, 7) is 1.65. The van der Waals surface area contributed by atoms with Crippen LogP contribution >= 0.6 is 11.8 Å². The molecule has 6 nitrogen and oxygen atoms in total. The number of carbonyl (C=O) groups excluding carboxylic acids is 1. The number of carbonyl (C=O) groups is 1. The molecule has 0 saturated carbocycles. The summed E-state index contributed by atoms with van der Waals surface area (Å²) in [5, 5.41) is 11.6. The molecule has 0 N–H and O–H groups in total. The van der Waals surface area contributed by atoms with E-state index in [0.29, 0.717) is 11.1 Å². The number of rotatable bonds is 5. The van der Waals surface area contributed by atoms with E-state index in [1.54, 1.807) is 31.5 Å². The van der Waals surface area contributed by atoms with Crippen LogP contribution < -0.4 is 0 Å². The summed E-state index contributed by atoms with van der Waals surface area (Å²) in [5.41, 5.74) is 0.866. The smallest absolute Gasteiger partial charge is 0.273 e. The second-order valence-corrected chi connectivity index (χ2v) is 5.23. The minimum atomic E-state index is -0.474. The van der Waals surface area contributed by atoms with Gasteiger partial charge in [0.05, 0.1) is 10.7 Å². The highest BCUT2D eigenvalue weighted by Crippen LogP contribution is 2.22. The van der Waals surface area contributed by atoms with E-state index < -0.39 is 4.92 Å². The van der Waals surface area contributed by atoms with Gasteiger partial charge in [-0.2, -0.15) is 0 Å². The molecule has 0 amide bonds. The molecule has 20 heavy (non-hydrogen) atoms.